The van der Waals surface area contributed by atoms with Gasteiger partial charge in [-0.1, -0.05) is 12.1 Å². The molecule has 4 rings (SSSR count). The number of thiazole rings is 1. The van der Waals surface area contributed by atoms with Gasteiger partial charge in [-0.2, -0.15) is 13.2 Å². The van der Waals surface area contributed by atoms with Crippen molar-refractivity contribution in [3.8, 4) is 16.3 Å². The fourth-order valence-electron chi connectivity index (χ4n) is 3.15. The molecule has 0 fully saturated rings. The lowest BCUT2D eigenvalue weighted by molar-refractivity contribution is -0.145. The van der Waals surface area contributed by atoms with E-state index in [1.54, 1.807) is 25.3 Å². The highest BCUT2D eigenvalue weighted by Gasteiger charge is 2.30. The summed E-state index contributed by atoms with van der Waals surface area (Å²) in [6.07, 6.45) is -3.67. The minimum absolute atomic E-state index is 0.0855. The number of nitrogens with zero attached hydrogens (tertiary/aromatic N) is 1. The molecule has 0 aliphatic heterocycles. The van der Waals surface area contributed by atoms with Gasteiger partial charge < -0.3 is 14.8 Å². The van der Waals surface area contributed by atoms with Gasteiger partial charge in [-0.3, -0.25) is 0 Å². The van der Waals surface area contributed by atoms with Gasteiger partial charge in [-0.15, -0.1) is 11.3 Å². The van der Waals surface area contributed by atoms with Crippen molar-refractivity contribution >= 4 is 28.2 Å². The summed E-state index contributed by atoms with van der Waals surface area (Å²) in [7, 11) is 0. The van der Waals surface area contributed by atoms with E-state index in [4.69, 9.17) is 4.74 Å². The van der Waals surface area contributed by atoms with Crippen LogP contribution in [0, 0.1) is 6.92 Å². The number of aromatic nitrogens is 2. The van der Waals surface area contributed by atoms with Gasteiger partial charge in [0.1, 0.15) is 10.8 Å². The first-order chi connectivity index (χ1) is 14.7. The number of fused-ring (bicyclic) bond motifs is 1. The van der Waals surface area contributed by atoms with Gasteiger partial charge in [-0.25, -0.2) is 9.78 Å². The topological polar surface area (TPSA) is 75.2 Å². The maximum absolute atomic E-state index is 12.8. The molecule has 4 aromatic rings. The number of benzene rings is 2. The van der Waals surface area contributed by atoms with E-state index in [0.717, 1.165) is 23.0 Å². The quantitative estimate of drug-likeness (QED) is 0.399. The first-order valence-corrected chi connectivity index (χ1v) is 10.1. The molecule has 9 heteroatoms. The number of aliphatic carboxylic acids is 1. The molecule has 5 nitrogen and oxygen atoms in total. The number of carboxylic acids is 1. The number of carbonyl (C=O) groups is 1. The van der Waals surface area contributed by atoms with Gasteiger partial charge >= 0.3 is 12.1 Å². The number of ether oxygens (including phenoxy) is 1. The molecule has 2 aromatic heterocycles. The number of H-pyrrole nitrogens is 1. The van der Waals surface area contributed by atoms with Crippen molar-refractivity contribution < 1.29 is 27.8 Å². The zero-order valence-corrected chi connectivity index (χ0v) is 17.1. The minimum Gasteiger partial charge on any atom is -0.478 e. The highest BCUT2D eigenvalue weighted by molar-refractivity contribution is 7.15. The van der Waals surface area contributed by atoms with E-state index in [-0.39, 0.29) is 6.42 Å². The molecule has 0 bridgehead atoms. The smallest absolute Gasteiger partial charge is 0.416 e. The first kappa shape index (κ1) is 20.9. The van der Waals surface area contributed by atoms with E-state index in [1.165, 1.54) is 23.5 Å². The third-order valence-corrected chi connectivity index (χ3v) is 6.03. The number of halogens is 3. The monoisotopic (exact) mass is 446 g/mol. The molecule has 0 aliphatic carbocycles. The summed E-state index contributed by atoms with van der Waals surface area (Å²) in [5.41, 5.74) is 1.26. The molecule has 0 saturated carbocycles. The van der Waals surface area contributed by atoms with Crippen LogP contribution in [0.4, 0.5) is 13.2 Å². The molecule has 160 valence electrons. The van der Waals surface area contributed by atoms with Crippen LogP contribution in [0.15, 0.2) is 54.7 Å². The Kier molecular flexibility index (Phi) is 5.45. The van der Waals surface area contributed by atoms with Gasteiger partial charge in [-0.05, 0) is 42.6 Å². The van der Waals surface area contributed by atoms with Crippen LogP contribution >= 0.6 is 11.3 Å². The van der Waals surface area contributed by atoms with Gasteiger partial charge in [0, 0.05) is 34.6 Å². The molecule has 2 heterocycles. The lowest BCUT2D eigenvalue weighted by Crippen LogP contribution is -2.29. The maximum atomic E-state index is 12.8. The van der Waals surface area contributed by atoms with E-state index in [2.05, 4.69) is 9.97 Å². The number of hydrogen-bond acceptors (Lipinski definition) is 4. The maximum Gasteiger partial charge on any atom is 0.416 e. The average Bonchev–Trinajstić information content (AvgIpc) is 3.33. The second-order valence-electron chi connectivity index (χ2n) is 6.98. The van der Waals surface area contributed by atoms with E-state index in [9.17, 15) is 23.1 Å². The fourth-order valence-corrected chi connectivity index (χ4v) is 4.25. The molecule has 1 atom stereocenters. The van der Waals surface area contributed by atoms with Crippen molar-refractivity contribution in [3.05, 3.63) is 70.9 Å². The number of alkyl halides is 3. The second kappa shape index (κ2) is 8.07. The summed E-state index contributed by atoms with van der Waals surface area (Å²) in [6, 6.07) is 11.9. The van der Waals surface area contributed by atoms with Crippen LogP contribution in [0.25, 0.3) is 21.5 Å². The third-order valence-electron chi connectivity index (χ3n) is 4.80. The summed E-state index contributed by atoms with van der Waals surface area (Å²) in [4.78, 5) is 19.9. The fraction of sp³-hybridized carbons (Fsp3) is 0.182. The van der Waals surface area contributed by atoms with Crippen molar-refractivity contribution in [2.24, 2.45) is 0 Å². The Bertz CT molecular complexity index is 1230. The highest BCUT2D eigenvalue weighted by Crippen LogP contribution is 2.33. The number of aromatic amines is 1. The summed E-state index contributed by atoms with van der Waals surface area (Å²) >= 11 is 1.24. The predicted octanol–water partition coefficient (Wildman–Crippen LogP) is 5.69. The van der Waals surface area contributed by atoms with Crippen molar-refractivity contribution in [2.75, 3.05) is 0 Å². The van der Waals surface area contributed by atoms with Crippen molar-refractivity contribution in [3.63, 3.8) is 0 Å². The molecule has 0 spiro atoms. The standard InChI is InChI=1S/C22H17F3N2O3S/c1-12-19(31-20(27-12)14-2-5-15(6-3-14)22(23,24)25)11-18(21(28)29)30-16-7-4-13-8-9-26-17(13)10-16/h2-10,18,26H,11H2,1H3,(H,28,29). The van der Waals surface area contributed by atoms with E-state index < -0.39 is 23.8 Å². The Balaban J connectivity index is 1.54. The van der Waals surface area contributed by atoms with E-state index >= 15 is 0 Å². The SMILES string of the molecule is Cc1nc(-c2ccc(C(F)(F)F)cc2)sc1CC(Oc1ccc2cc[nH]c2c1)C(=O)O. The minimum atomic E-state index is -4.41. The molecule has 1 unspecified atom stereocenters. The molecule has 31 heavy (non-hydrogen) atoms. The van der Waals surface area contributed by atoms with E-state index in [0.29, 0.717) is 26.9 Å². The Morgan fingerprint density at radius 1 is 1.19 bits per heavy atom. The van der Waals surface area contributed by atoms with E-state index in [1.807, 2.05) is 12.1 Å². The lowest BCUT2D eigenvalue weighted by atomic mass is 10.1. The highest BCUT2D eigenvalue weighted by atomic mass is 32.1. The average molecular weight is 446 g/mol. The Morgan fingerprint density at radius 2 is 1.94 bits per heavy atom. The molecular formula is C22H17F3N2O3S. The third kappa shape index (κ3) is 4.56. The Labute approximate surface area is 179 Å². The number of aryl methyl sites for hydroxylation is 1. The number of hydrogen-bond donors (Lipinski definition) is 2. The second-order valence-corrected chi connectivity index (χ2v) is 8.06. The zero-order valence-electron chi connectivity index (χ0n) is 16.2. The first-order valence-electron chi connectivity index (χ1n) is 9.31. The van der Waals surface area contributed by atoms with Crippen LogP contribution in [0.2, 0.25) is 0 Å². The normalized spacial score (nSPS) is 12.8. The molecule has 2 aromatic carbocycles. The summed E-state index contributed by atoms with van der Waals surface area (Å²) < 4.78 is 44.0. The number of carboxylic acid groups (broad SMARTS) is 1. The largest absolute Gasteiger partial charge is 0.478 e. The summed E-state index contributed by atoms with van der Waals surface area (Å²) in [6.45, 7) is 1.74. The molecule has 0 saturated heterocycles. The van der Waals surface area contributed by atoms with Gasteiger partial charge in [0.05, 0.1) is 11.3 Å². The number of nitrogens with one attached hydrogen (secondary N) is 1. The van der Waals surface area contributed by atoms with Crippen LogP contribution in [0.3, 0.4) is 0 Å². The van der Waals surface area contributed by atoms with Crippen LogP contribution < -0.4 is 4.74 Å². The number of rotatable bonds is 6. The van der Waals surface area contributed by atoms with Crippen molar-refractivity contribution in [2.45, 2.75) is 25.6 Å². The van der Waals surface area contributed by atoms with Crippen LogP contribution in [0.1, 0.15) is 16.1 Å². The van der Waals surface area contributed by atoms with Crippen LogP contribution in [-0.4, -0.2) is 27.1 Å². The predicted molar refractivity (Wildman–Crippen MR) is 111 cm³/mol. The molecule has 2 N–H and O–H groups in total. The van der Waals surface area contributed by atoms with Crippen LogP contribution in [-0.2, 0) is 17.4 Å². The summed E-state index contributed by atoms with van der Waals surface area (Å²) in [5.74, 6) is -0.692. The van der Waals surface area contributed by atoms with Gasteiger partial charge in [0.25, 0.3) is 0 Å². The molecule has 0 amide bonds. The molecular weight excluding hydrogens is 429 g/mol. The van der Waals surface area contributed by atoms with Crippen molar-refractivity contribution in [1.82, 2.24) is 9.97 Å². The Hall–Kier alpha value is -3.33. The molecule has 0 aliphatic rings. The molecule has 0 radical (unpaired) electrons. The van der Waals surface area contributed by atoms with Gasteiger partial charge in [0.2, 0.25) is 0 Å². The lowest BCUT2D eigenvalue weighted by Gasteiger charge is -2.14. The van der Waals surface area contributed by atoms with Crippen molar-refractivity contribution in [1.29, 1.82) is 0 Å². The summed E-state index contributed by atoms with van der Waals surface area (Å²) in [5, 5.41) is 11.1. The zero-order chi connectivity index (χ0) is 22.2. The Morgan fingerprint density at radius 3 is 2.61 bits per heavy atom. The van der Waals surface area contributed by atoms with Crippen LogP contribution in [0.5, 0.6) is 5.75 Å². The van der Waals surface area contributed by atoms with Gasteiger partial charge in [0.15, 0.2) is 6.10 Å².